The maximum Gasteiger partial charge on any atom is 0.248 e. The third-order valence-corrected chi connectivity index (χ3v) is 5.19. The van der Waals surface area contributed by atoms with E-state index in [1.54, 1.807) is 19.1 Å². The van der Waals surface area contributed by atoms with Crippen LogP contribution in [0, 0.1) is 6.92 Å². The number of aromatic nitrogens is 2. The Balaban J connectivity index is 1.78. The van der Waals surface area contributed by atoms with Crippen LogP contribution in [0.5, 0.6) is 0 Å². The molecular formula is C22H20N4O2. The zero-order valence-corrected chi connectivity index (χ0v) is 15.5. The average Bonchev–Trinajstić information content (AvgIpc) is 2.67. The molecule has 4 N–H and O–H groups in total. The number of rotatable bonds is 3. The minimum absolute atomic E-state index is 0.0258. The van der Waals surface area contributed by atoms with E-state index < -0.39 is 5.91 Å². The van der Waals surface area contributed by atoms with Crippen molar-refractivity contribution in [1.29, 1.82) is 0 Å². The summed E-state index contributed by atoms with van der Waals surface area (Å²) < 4.78 is 0. The van der Waals surface area contributed by atoms with E-state index in [4.69, 9.17) is 11.5 Å². The summed E-state index contributed by atoms with van der Waals surface area (Å²) in [5.41, 5.74) is 16.5. The normalized spacial score (nSPS) is 15.9. The highest BCUT2D eigenvalue weighted by molar-refractivity contribution is 6.00. The first-order chi connectivity index (χ1) is 13.4. The van der Waals surface area contributed by atoms with Crippen LogP contribution in [0.2, 0.25) is 0 Å². The summed E-state index contributed by atoms with van der Waals surface area (Å²) >= 11 is 0. The Bertz CT molecular complexity index is 1110. The number of ketones is 1. The van der Waals surface area contributed by atoms with Crippen molar-refractivity contribution in [3.05, 3.63) is 76.6 Å². The highest BCUT2D eigenvalue weighted by Crippen LogP contribution is 2.38. The molecule has 28 heavy (non-hydrogen) atoms. The molecule has 4 rings (SSSR count). The van der Waals surface area contributed by atoms with Gasteiger partial charge in [-0.2, -0.15) is 0 Å². The molecule has 1 atom stereocenters. The lowest BCUT2D eigenvalue weighted by Crippen LogP contribution is -2.23. The van der Waals surface area contributed by atoms with E-state index in [2.05, 4.69) is 9.97 Å². The van der Waals surface area contributed by atoms with Crippen molar-refractivity contribution in [3.63, 3.8) is 0 Å². The van der Waals surface area contributed by atoms with Crippen molar-refractivity contribution in [2.24, 2.45) is 5.73 Å². The van der Waals surface area contributed by atoms with Crippen LogP contribution in [0.4, 0.5) is 5.95 Å². The lowest BCUT2D eigenvalue weighted by Gasteiger charge is -2.26. The van der Waals surface area contributed by atoms with E-state index in [-0.39, 0.29) is 17.6 Å². The van der Waals surface area contributed by atoms with E-state index in [9.17, 15) is 9.59 Å². The van der Waals surface area contributed by atoms with E-state index in [0.717, 1.165) is 16.7 Å². The molecule has 1 aromatic heterocycles. The fourth-order valence-electron chi connectivity index (χ4n) is 3.97. The third-order valence-electron chi connectivity index (χ3n) is 5.19. The smallest absolute Gasteiger partial charge is 0.248 e. The number of carbonyl (C=O) groups excluding carboxylic acids is 2. The molecular weight excluding hydrogens is 352 g/mol. The van der Waals surface area contributed by atoms with E-state index >= 15 is 0 Å². The van der Waals surface area contributed by atoms with Gasteiger partial charge in [-0.05, 0) is 48.1 Å². The molecule has 2 aromatic carbocycles. The van der Waals surface area contributed by atoms with Crippen LogP contribution in [-0.2, 0) is 6.42 Å². The van der Waals surface area contributed by atoms with Crippen molar-refractivity contribution in [1.82, 2.24) is 9.97 Å². The molecule has 1 unspecified atom stereocenters. The van der Waals surface area contributed by atoms with Gasteiger partial charge in [-0.3, -0.25) is 9.59 Å². The second-order valence-electron chi connectivity index (χ2n) is 7.05. The van der Waals surface area contributed by atoms with Gasteiger partial charge in [0.15, 0.2) is 5.78 Å². The monoisotopic (exact) mass is 372 g/mol. The minimum Gasteiger partial charge on any atom is -0.368 e. The summed E-state index contributed by atoms with van der Waals surface area (Å²) in [6.07, 6.45) is 0.995. The predicted octanol–water partition coefficient (Wildman–Crippen LogP) is 3.05. The van der Waals surface area contributed by atoms with Crippen LogP contribution < -0.4 is 11.5 Å². The minimum atomic E-state index is -0.469. The van der Waals surface area contributed by atoms with Gasteiger partial charge in [0.1, 0.15) is 0 Å². The first-order valence-electron chi connectivity index (χ1n) is 9.09. The molecule has 6 heteroatoms. The largest absolute Gasteiger partial charge is 0.368 e. The quantitative estimate of drug-likeness (QED) is 0.734. The number of aryl methyl sites for hydroxylation is 1. The SMILES string of the molecule is Cc1nc(N)nc2c1C(=O)CC(c1ccccc1-c1cccc(C(N)=O)c1)C2. The molecule has 0 aliphatic heterocycles. The number of Topliss-reactive ketones (excluding diaryl/α,β-unsaturated/α-hetero) is 1. The molecule has 6 nitrogen and oxygen atoms in total. The van der Waals surface area contributed by atoms with Gasteiger partial charge in [-0.15, -0.1) is 0 Å². The fourth-order valence-corrected chi connectivity index (χ4v) is 3.97. The summed E-state index contributed by atoms with van der Waals surface area (Å²) in [7, 11) is 0. The van der Waals surface area contributed by atoms with Crippen molar-refractivity contribution < 1.29 is 9.59 Å². The van der Waals surface area contributed by atoms with Crippen LogP contribution in [0.25, 0.3) is 11.1 Å². The number of anilines is 1. The predicted molar refractivity (Wildman–Crippen MR) is 107 cm³/mol. The van der Waals surface area contributed by atoms with Crippen LogP contribution in [0.1, 0.15) is 50.0 Å². The highest BCUT2D eigenvalue weighted by Gasteiger charge is 2.30. The Morgan fingerprint density at radius 1 is 1.07 bits per heavy atom. The Morgan fingerprint density at radius 2 is 1.86 bits per heavy atom. The Morgan fingerprint density at radius 3 is 2.64 bits per heavy atom. The maximum absolute atomic E-state index is 12.8. The molecule has 0 bridgehead atoms. The maximum atomic E-state index is 12.8. The molecule has 1 amide bonds. The molecule has 0 fully saturated rings. The number of primary amides is 1. The Labute approximate surface area is 162 Å². The van der Waals surface area contributed by atoms with E-state index in [1.807, 2.05) is 36.4 Å². The van der Waals surface area contributed by atoms with Gasteiger partial charge in [-0.25, -0.2) is 9.97 Å². The molecule has 0 saturated carbocycles. The molecule has 1 aliphatic carbocycles. The van der Waals surface area contributed by atoms with Gasteiger partial charge >= 0.3 is 0 Å². The molecule has 3 aromatic rings. The molecule has 1 heterocycles. The number of benzene rings is 2. The lowest BCUT2D eigenvalue weighted by atomic mass is 9.78. The highest BCUT2D eigenvalue weighted by atomic mass is 16.1. The Hall–Kier alpha value is -3.54. The standard InChI is InChI=1S/C22H20N4O2/c1-12-20-18(26-22(24)25-12)10-15(11-19(20)27)17-8-3-2-7-16(17)13-5-4-6-14(9-13)21(23)28/h2-9,15H,10-11H2,1H3,(H2,23,28)(H2,24,25,26). The van der Waals surface area contributed by atoms with Gasteiger partial charge in [0.05, 0.1) is 17.0 Å². The van der Waals surface area contributed by atoms with E-state index in [0.29, 0.717) is 35.4 Å². The lowest BCUT2D eigenvalue weighted by molar-refractivity contribution is 0.0960. The number of nitrogens with zero attached hydrogens (tertiary/aromatic N) is 2. The molecule has 0 radical (unpaired) electrons. The topological polar surface area (TPSA) is 112 Å². The van der Waals surface area contributed by atoms with Crippen LogP contribution in [0.15, 0.2) is 48.5 Å². The van der Waals surface area contributed by atoms with Gasteiger partial charge in [0.25, 0.3) is 0 Å². The van der Waals surface area contributed by atoms with Gasteiger partial charge in [-0.1, -0.05) is 36.4 Å². The second-order valence-corrected chi connectivity index (χ2v) is 7.05. The first-order valence-corrected chi connectivity index (χ1v) is 9.09. The molecule has 1 aliphatic rings. The number of nitrogen functional groups attached to an aromatic ring is 1. The van der Waals surface area contributed by atoms with Crippen molar-refractivity contribution in [3.8, 4) is 11.1 Å². The van der Waals surface area contributed by atoms with E-state index in [1.165, 1.54) is 0 Å². The summed E-state index contributed by atoms with van der Waals surface area (Å²) in [6, 6.07) is 15.1. The van der Waals surface area contributed by atoms with Gasteiger partial charge < -0.3 is 11.5 Å². The zero-order valence-electron chi connectivity index (χ0n) is 15.5. The number of hydrogen-bond donors (Lipinski definition) is 2. The average molecular weight is 372 g/mol. The summed E-state index contributed by atoms with van der Waals surface area (Å²) in [4.78, 5) is 32.8. The number of amides is 1. The number of fused-ring (bicyclic) bond motifs is 1. The molecule has 0 saturated heterocycles. The molecule has 0 spiro atoms. The van der Waals surface area contributed by atoms with Crippen LogP contribution >= 0.6 is 0 Å². The number of hydrogen-bond acceptors (Lipinski definition) is 5. The van der Waals surface area contributed by atoms with Crippen LogP contribution in [0.3, 0.4) is 0 Å². The third kappa shape index (κ3) is 3.13. The zero-order chi connectivity index (χ0) is 19.8. The van der Waals surface area contributed by atoms with Crippen molar-refractivity contribution >= 4 is 17.6 Å². The second kappa shape index (κ2) is 6.88. The van der Waals surface area contributed by atoms with Crippen molar-refractivity contribution in [2.45, 2.75) is 25.7 Å². The van der Waals surface area contributed by atoms with Gasteiger partial charge in [0.2, 0.25) is 11.9 Å². The van der Waals surface area contributed by atoms with Crippen LogP contribution in [-0.4, -0.2) is 21.7 Å². The summed E-state index contributed by atoms with van der Waals surface area (Å²) in [5.74, 6) is -0.275. The first kappa shape index (κ1) is 17.9. The fraction of sp³-hybridized carbons (Fsp3) is 0.182. The number of nitrogens with two attached hydrogens (primary N) is 2. The summed E-state index contributed by atoms with van der Waals surface area (Å²) in [5, 5.41) is 0. The number of carbonyl (C=O) groups is 2. The molecule has 140 valence electrons. The van der Waals surface area contributed by atoms with Crippen molar-refractivity contribution in [2.75, 3.05) is 5.73 Å². The summed E-state index contributed by atoms with van der Waals surface area (Å²) in [6.45, 7) is 1.79. The Kier molecular flexibility index (Phi) is 4.39. The van der Waals surface area contributed by atoms with Gasteiger partial charge in [0, 0.05) is 12.0 Å².